The molecule has 1 amide bonds. The Kier molecular flexibility index (Phi) is 11.2. The van der Waals surface area contributed by atoms with Gasteiger partial charge in [0.1, 0.15) is 51.0 Å². The van der Waals surface area contributed by atoms with Crippen molar-refractivity contribution in [1.82, 2.24) is 15.3 Å². The van der Waals surface area contributed by atoms with Gasteiger partial charge in [0.2, 0.25) is 0 Å². The topological polar surface area (TPSA) is 170 Å². The predicted molar refractivity (Wildman–Crippen MR) is 186 cm³/mol. The molecule has 2 aromatic heterocycles. The van der Waals surface area contributed by atoms with E-state index in [-0.39, 0.29) is 11.1 Å². The predicted octanol–water partition coefficient (Wildman–Crippen LogP) is 7.74. The Morgan fingerprint density at radius 1 is 1.02 bits per heavy atom. The van der Waals surface area contributed by atoms with Gasteiger partial charge in [-0.15, -0.1) is 11.3 Å². The monoisotopic (exact) mass is 704 g/mol. The smallest absolute Gasteiger partial charge is 0.408 e. The van der Waals surface area contributed by atoms with E-state index >= 15 is 0 Å². The first-order valence-electron chi connectivity index (χ1n) is 14.6. The number of alkyl carbamates (subject to hydrolysis) is 1. The number of thioether (sulfide) groups is 1. The SMILES string of the molecule is CNc1nc(SCc2csc(-c3ccc(Cl)cc3)n2)c(C#N)c(-c2ccc(OC(C)[C@@](C)(NC(=O)OC(C)(C)C)C(=O)O)cc2)c1C#N. The highest BCUT2D eigenvalue weighted by atomic mass is 35.5. The molecule has 0 saturated heterocycles. The molecule has 2 heterocycles. The standard InChI is InChI=1S/C34H33ClN6O5S2/c1-19(34(5,31(42)43)41-32(44)46-33(2,3)4)45-24-13-9-20(10-14-24)27-25(15-36)28(38-6)40-30(26(27)16-37)48-18-23-17-47-29(39-23)21-7-11-22(35)12-8-21/h7-14,17,19H,18H2,1-6H3,(H,38,40)(H,41,44)(H,42,43)/t19?,34-/m1/s1. The van der Waals surface area contributed by atoms with E-state index in [0.717, 1.165) is 16.3 Å². The third-order valence-corrected chi connectivity index (χ3v) is 9.30. The van der Waals surface area contributed by atoms with E-state index < -0.39 is 29.3 Å². The number of nitrogens with zero attached hydrogens (tertiary/aromatic N) is 4. The highest BCUT2D eigenvalue weighted by Gasteiger charge is 2.43. The van der Waals surface area contributed by atoms with Gasteiger partial charge in [0, 0.05) is 34.3 Å². The number of nitriles is 2. The van der Waals surface area contributed by atoms with Gasteiger partial charge in [-0.05, 0) is 64.4 Å². The number of hydrogen-bond donors (Lipinski definition) is 3. The first kappa shape index (κ1) is 36.0. The van der Waals surface area contributed by atoms with E-state index in [9.17, 15) is 25.2 Å². The average Bonchev–Trinajstić information content (AvgIpc) is 3.51. The molecule has 0 radical (unpaired) electrons. The van der Waals surface area contributed by atoms with Crippen molar-refractivity contribution in [3.8, 4) is 39.6 Å². The van der Waals surface area contributed by atoms with Gasteiger partial charge in [0.25, 0.3) is 0 Å². The van der Waals surface area contributed by atoms with Gasteiger partial charge >= 0.3 is 12.1 Å². The number of carbonyl (C=O) groups excluding carboxylic acids is 1. The number of carboxylic acid groups (broad SMARTS) is 1. The summed E-state index contributed by atoms with van der Waals surface area (Å²) in [6, 6.07) is 18.4. The summed E-state index contributed by atoms with van der Waals surface area (Å²) in [5, 5.41) is 39.6. The van der Waals surface area contributed by atoms with E-state index in [1.165, 1.54) is 36.9 Å². The zero-order valence-electron chi connectivity index (χ0n) is 27.0. The van der Waals surface area contributed by atoms with Crippen LogP contribution in [0.25, 0.3) is 21.7 Å². The molecule has 2 atom stereocenters. The van der Waals surface area contributed by atoms with E-state index in [1.54, 1.807) is 52.1 Å². The molecular weight excluding hydrogens is 672 g/mol. The van der Waals surface area contributed by atoms with Crippen molar-refractivity contribution in [3.05, 3.63) is 75.8 Å². The van der Waals surface area contributed by atoms with E-state index in [1.807, 2.05) is 29.6 Å². The van der Waals surface area contributed by atoms with Gasteiger partial charge in [-0.3, -0.25) is 0 Å². The van der Waals surface area contributed by atoms with Crippen LogP contribution >= 0.6 is 34.7 Å². The van der Waals surface area contributed by atoms with Gasteiger partial charge in [0.05, 0.1) is 11.3 Å². The molecule has 2 aromatic carbocycles. The van der Waals surface area contributed by atoms with Gasteiger partial charge < -0.3 is 25.2 Å². The van der Waals surface area contributed by atoms with E-state index in [2.05, 4.69) is 27.8 Å². The molecule has 48 heavy (non-hydrogen) atoms. The van der Waals surface area contributed by atoms with Crippen LogP contribution in [-0.4, -0.2) is 51.4 Å². The first-order valence-corrected chi connectivity index (χ1v) is 16.8. The third kappa shape index (κ3) is 8.36. The van der Waals surface area contributed by atoms with Crippen molar-refractivity contribution >= 4 is 52.6 Å². The van der Waals surface area contributed by atoms with Crippen molar-refractivity contribution in [2.75, 3.05) is 12.4 Å². The minimum atomic E-state index is -1.82. The molecule has 1 unspecified atom stereocenters. The van der Waals surface area contributed by atoms with Crippen LogP contribution in [-0.2, 0) is 15.3 Å². The van der Waals surface area contributed by atoms with Gasteiger partial charge in [-0.25, -0.2) is 19.6 Å². The number of aromatic nitrogens is 2. The number of hydrogen-bond acceptors (Lipinski definition) is 11. The minimum Gasteiger partial charge on any atom is -0.488 e. The Labute approximate surface area is 291 Å². The number of benzene rings is 2. The Morgan fingerprint density at radius 3 is 2.21 bits per heavy atom. The van der Waals surface area contributed by atoms with Gasteiger partial charge in [0.15, 0.2) is 5.54 Å². The summed E-state index contributed by atoms with van der Waals surface area (Å²) < 4.78 is 11.2. The van der Waals surface area contributed by atoms with Crippen molar-refractivity contribution < 1.29 is 24.2 Å². The second kappa shape index (κ2) is 14.9. The number of thiazole rings is 1. The number of ether oxygens (including phenoxy) is 2. The Hall–Kier alpha value is -4.82. The van der Waals surface area contributed by atoms with Crippen molar-refractivity contribution in [2.24, 2.45) is 0 Å². The fourth-order valence-electron chi connectivity index (χ4n) is 4.46. The maximum absolute atomic E-state index is 12.4. The minimum absolute atomic E-state index is 0.194. The van der Waals surface area contributed by atoms with Crippen LogP contribution in [0.1, 0.15) is 51.4 Å². The summed E-state index contributed by atoms with van der Waals surface area (Å²) in [4.78, 5) is 33.9. The lowest BCUT2D eigenvalue weighted by atomic mass is 9.95. The fraction of sp³-hybridized carbons (Fsp3) is 0.294. The molecule has 0 bridgehead atoms. The normalized spacial score (nSPS) is 12.9. The fourth-order valence-corrected chi connectivity index (χ4v) is 6.40. The number of anilines is 1. The summed E-state index contributed by atoms with van der Waals surface area (Å²) in [5.41, 5.74) is 0.471. The number of rotatable bonds is 11. The van der Waals surface area contributed by atoms with Gasteiger partial charge in [-0.1, -0.05) is 47.6 Å². The summed E-state index contributed by atoms with van der Waals surface area (Å²) in [6.45, 7) is 7.87. The molecule has 4 rings (SSSR count). The summed E-state index contributed by atoms with van der Waals surface area (Å²) in [5.74, 6) is -0.257. The lowest BCUT2D eigenvalue weighted by Crippen LogP contribution is -2.61. The maximum Gasteiger partial charge on any atom is 0.408 e. The maximum atomic E-state index is 12.4. The van der Waals surface area contributed by atoms with Crippen molar-refractivity contribution in [1.29, 1.82) is 10.5 Å². The number of pyridine rings is 1. The molecule has 0 saturated carbocycles. The molecule has 11 nitrogen and oxygen atoms in total. The second-order valence-corrected chi connectivity index (χ2v) is 14.0. The largest absolute Gasteiger partial charge is 0.488 e. The highest BCUT2D eigenvalue weighted by Crippen LogP contribution is 2.38. The highest BCUT2D eigenvalue weighted by molar-refractivity contribution is 7.98. The molecular formula is C34H33ClN6O5S2. The number of carbonyl (C=O) groups is 2. The number of carboxylic acids is 1. The molecule has 14 heteroatoms. The number of nitrogens with one attached hydrogen (secondary N) is 2. The Bertz CT molecular complexity index is 1900. The molecule has 4 aromatic rings. The van der Waals surface area contributed by atoms with Crippen LogP contribution in [0, 0.1) is 22.7 Å². The third-order valence-electron chi connectivity index (χ3n) is 7.10. The van der Waals surface area contributed by atoms with Crippen LogP contribution in [0.5, 0.6) is 5.75 Å². The quantitative estimate of drug-likeness (QED) is 0.130. The lowest BCUT2D eigenvalue weighted by molar-refractivity contribution is -0.147. The Morgan fingerprint density at radius 2 is 1.65 bits per heavy atom. The molecule has 248 valence electrons. The summed E-state index contributed by atoms with van der Waals surface area (Å²) in [7, 11) is 1.65. The van der Waals surface area contributed by atoms with Crippen LogP contribution in [0.15, 0.2) is 58.9 Å². The zero-order chi connectivity index (χ0) is 35.2. The molecule has 0 spiro atoms. The molecule has 0 fully saturated rings. The van der Waals surface area contributed by atoms with Crippen LogP contribution in [0.2, 0.25) is 5.02 Å². The summed E-state index contributed by atoms with van der Waals surface area (Å²) >= 11 is 8.85. The lowest BCUT2D eigenvalue weighted by Gasteiger charge is -2.33. The Balaban J connectivity index is 1.60. The zero-order valence-corrected chi connectivity index (χ0v) is 29.4. The van der Waals surface area contributed by atoms with Crippen molar-refractivity contribution in [3.63, 3.8) is 0 Å². The van der Waals surface area contributed by atoms with E-state index in [4.69, 9.17) is 26.1 Å². The van der Waals surface area contributed by atoms with E-state index in [0.29, 0.717) is 38.5 Å². The molecule has 0 aliphatic heterocycles. The average molecular weight is 705 g/mol. The van der Waals surface area contributed by atoms with Crippen LogP contribution in [0.3, 0.4) is 0 Å². The number of aliphatic carboxylic acids is 1. The van der Waals surface area contributed by atoms with Gasteiger partial charge in [-0.2, -0.15) is 10.5 Å². The first-order chi connectivity index (χ1) is 22.7. The van der Waals surface area contributed by atoms with Crippen LogP contribution in [0.4, 0.5) is 10.6 Å². The molecule has 0 aliphatic carbocycles. The van der Waals surface area contributed by atoms with Crippen molar-refractivity contribution in [2.45, 2.75) is 62.6 Å². The number of amides is 1. The number of halogens is 1. The van der Waals surface area contributed by atoms with Crippen LogP contribution < -0.4 is 15.4 Å². The molecule has 3 N–H and O–H groups in total. The second-order valence-electron chi connectivity index (χ2n) is 11.7. The summed E-state index contributed by atoms with van der Waals surface area (Å²) in [6.07, 6.45) is -1.92. The molecule has 0 aliphatic rings.